The van der Waals surface area contributed by atoms with Crippen molar-refractivity contribution in [2.75, 3.05) is 13.7 Å². The average Bonchev–Trinajstić information content (AvgIpc) is 2.68. The molecule has 0 aromatic heterocycles. The molecule has 2 amide bonds. The molecule has 1 atom stereocenters. The quantitative estimate of drug-likeness (QED) is 0.560. The van der Waals surface area contributed by atoms with Gasteiger partial charge in [-0.15, -0.1) is 0 Å². The molecule has 2 aromatic carbocycles. The Kier molecular flexibility index (Phi) is 8.37. The fourth-order valence-corrected chi connectivity index (χ4v) is 3.21. The second-order valence-electron chi connectivity index (χ2n) is 5.89. The Morgan fingerprint density at radius 2 is 1.85 bits per heavy atom. The smallest absolute Gasteiger partial charge is 0.261 e. The Bertz CT molecular complexity index is 783. The van der Waals surface area contributed by atoms with Crippen molar-refractivity contribution in [2.45, 2.75) is 25.9 Å². The summed E-state index contributed by atoms with van der Waals surface area (Å²) in [5.41, 5.74) is 0.782. The standard InChI is InChI=1S/C20H22ClIN2O3/c1-3-18(20(26)23-2)24(12-14-6-4-5-7-17(14)21)19(25)13-27-16-10-8-15(22)9-11-16/h4-11,18H,3,12-13H2,1-2H3,(H,23,26)/t18-/m0/s1. The number of amides is 2. The lowest BCUT2D eigenvalue weighted by Crippen LogP contribution is -2.49. The van der Waals surface area contributed by atoms with Gasteiger partial charge in [0.2, 0.25) is 5.91 Å². The maximum absolute atomic E-state index is 12.9. The van der Waals surface area contributed by atoms with Crippen LogP contribution in [0.25, 0.3) is 0 Å². The maximum atomic E-state index is 12.9. The highest BCUT2D eigenvalue weighted by Gasteiger charge is 2.28. The molecule has 0 heterocycles. The number of carbonyl (C=O) groups excluding carboxylic acids is 2. The SMILES string of the molecule is CC[C@@H](C(=O)NC)N(Cc1ccccc1Cl)C(=O)COc1ccc(I)cc1. The summed E-state index contributed by atoms with van der Waals surface area (Å²) >= 11 is 8.45. The Labute approximate surface area is 178 Å². The molecule has 0 bridgehead atoms. The van der Waals surface area contributed by atoms with E-state index in [1.165, 1.54) is 4.90 Å². The Morgan fingerprint density at radius 1 is 1.19 bits per heavy atom. The molecule has 27 heavy (non-hydrogen) atoms. The van der Waals surface area contributed by atoms with Gasteiger partial charge in [-0.3, -0.25) is 9.59 Å². The molecule has 0 saturated heterocycles. The highest BCUT2D eigenvalue weighted by Crippen LogP contribution is 2.20. The predicted octanol–water partition coefficient (Wildman–Crippen LogP) is 3.88. The molecule has 0 fully saturated rings. The number of nitrogens with one attached hydrogen (secondary N) is 1. The van der Waals surface area contributed by atoms with E-state index in [2.05, 4.69) is 27.9 Å². The Morgan fingerprint density at radius 3 is 2.44 bits per heavy atom. The molecule has 2 aromatic rings. The van der Waals surface area contributed by atoms with E-state index in [-0.39, 0.29) is 25.0 Å². The van der Waals surface area contributed by atoms with Crippen LogP contribution in [0.1, 0.15) is 18.9 Å². The third kappa shape index (κ3) is 6.10. The van der Waals surface area contributed by atoms with Gasteiger partial charge in [0.1, 0.15) is 11.8 Å². The highest BCUT2D eigenvalue weighted by molar-refractivity contribution is 14.1. The topological polar surface area (TPSA) is 58.6 Å². The van der Waals surface area contributed by atoms with Gasteiger partial charge >= 0.3 is 0 Å². The van der Waals surface area contributed by atoms with Gasteiger partial charge in [0.05, 0.1) is 0 Å². The van der Waals surface area contributed by atoms with Crippen LogP contribution in [0.5, 0.6) is 5.75 Å². The van der Waals surface area contributed by atoms with Crippen molar-refractivity contribution in [1.82, 2.24) is 10.2 Å². The van der Waals surface area contributed by atoms with E-state index in [1.54, 1.807) is 13.1 Å². The lowest BCUT2D eigenvalue weighted by molar-refractivity contribution is -0.142. The van der Waals surface area contributed by atoms with Crippen LogP contribution in [-0.4, -0.2) is 36.4 Å². The molecule has 7 heteroatoms. The number of ether oxygens (including phenoxy) is 1. The average molecular weight is 501 g/mol. The molecule has 144 valence electrons. The molecule has 0 unspecified atom stereocenters. The van der Waals surface area contributed by atoms with Gasteiger partial charge in [-0.2, -0.15) is 0 Å². The van der Waals surface area contributed by atoms with E-state index in [4.69, 9.17) is 16.3 Å². The van der Waals surface area contributed by atoms with Crippen LogP contribution in [0.15, 0.2) is 48.5 Å². The van der Waals surface area contributed by atoms with Gasteiger partial charge in [0, 0.05) is 22.2 Å². The molecule has 0 aliphatic rings. The number of hydrogen-bond acceptors (Lipinski definition) is 3. The first-order valence-electron chi connectivity index (χ1n) is 8.59. The zero-order valence-electron chi connectivity index (χ0n) is 15.2. The first kappa shape index (κ1) is 21.5. The number of rotatable bonds is 8. The van der Waals surface area contributed by atoms with Crippen molar-refractivity contribution in [2.24, 2.45) is 0 Å². The van der Waals surface area contributed by atoms with E-state index in [0.717, 1.165) is 9.13 Å². The molecule has 2 rings (SSSR count). The van der Waals surface area contributed by atoms with E-state index in [0.29, 0.717) is 17.2 Å². The Hall–Kier alpha value is -1.80. The summed E-state index contributed by atoms with van der Waals surface area (Å²) in [5.74, 6) is 0.116. The van der Waals surface area contributed by atoms with Crippen molar-refractivity contribution < 1.29 is 14.3 Å². The first-order chi connectivity index (χ1) is 13.0. The van der Waals surface area contributed by atoms with Gasteiger partial charge in [0.15, 0.2) is 6.61 Å². The number of benzene rings is 2. The minimum Gasteiger partial charge on any atom is -0.484 e. The predicted molar refractivity (Wildman–Crippen MR) is 115 cm³/mol. The third-order valence-electron chi connectivity index (χ3n) is 4.11. The summed E-state index contributed by atoms with van der Waals surface area (Å²) in [6.45, 7) is 1.95. The third-order valence-corrected chi connectivity index (χ3v) is 5.19. The molecular weight excluding hydrogens is 479 g/mol. The molecule has 0 radical (unpaired) electrons. The minimum absolute atomic E-state index is 0.154. The van der Waals surface area contributed by atoms with Crippen LogP contribution in [0.3, 0.4) is 0 Å². The van der Waals surface area contributed by atoms with E-state index in [9.17, 15) is 9.59 Å². The zero-order valence-corrected chi connectivity index (χ0v) is 18.2. The first-order valence-corrected chi connectivity index (χ1v) is 10.0. The second-order valence-corrected chi connectivity index (χ2v) is 7.55. The van der Waals surface area contributed by atoms with Crippen molar-refractivity contribution in [3.8, 4) is 5.75 Å². The van der Waals surface area contributed by atoms with Gasteiger partial charge in [-0.05, 0) is 64.9 Å². The van der Waals surface area contributed by atoms with Crippen LogP contribution < -0.4 is 10.1 Å². The zero-order chi connectivity index (χ0) is 19.8. The largest absolute Gasteiger partial charge is 0.484 e. The van der Waals surface area contributed by atoms with Crippen LogP contribution in [0.4, 0.5) is 0 Å². The van der Waals surface area contributed by atoms with Gasteiger partial charge in [-0.1, -0.05) is 36.7 Å². The summed E-state index contributed by atoms with van der Waals surface area (Å²) < 4.78 is 6.70. The molecule has 0 saturated carbocycles. The molecule has 0 spiro atoms. The van der Waals surface area contributed by atoms with E-state index < -0.39 is 6.04 Å². The molecule has 5 nitrogen and oxygen atoms in total. The van der Waals surface area contributed by atoms with E-state index >= 15 is 0 Å². The van der Waals surface area contributed by atoms with Crippen LogP contribution in [-0.2, 0) is 16.1 Å². The fraction of sp³-hybridized carbons (Fsp3) is 0.300. The highest BCUT2D eigenvalue weighted by atomic mass is 127. The summed E-state index contributed by atoms with van der Waals surface area (Å²) in [4.78, 5) is 26.7. The van der Waals surface area contributed by atoms with Crippen LogP contribution in [0.2, 0.25) is 5.02 Å². The molecule has 1 N–H and O–H groups in total. The summed E-state index contributed by atoms with van der Waals surface area (Å²) in [7, 11) is 1.56. The maximum Gasteiger partial charge on any atom is 0.261 e. The Balaban J connectivity index is 2.19. The molecular formula is C20H22ClIN2O3. The lowest BCUT2D eigenvalue weighted by atomic mass is 10.1. The van der Waals surface area contributed by atoms with Gasteiger partial charge in [-0.25, -0.2) is 0 Å². The fourth-order valence-electron chi connectivity index (χ4n) is 2.66. The summed E-state index contributed by atoms with van der Waals surface area (Å²) in [6.07, 6.45) is 0.486. The van der Waals surface area contributed by atoms with Crippen molar-refractivity contribution >= 4 is 46.0 Å². The number of nitrogens with zero attached hydrogens (tertiary/aromatic N) is 1. The molecule has 0 aliphatic carbocycles. The number of hydrogen-bond donors (Lipinski definition) is 1. The van der Waals surface area contributed by atoms with Gasteiger partial charge < -0.3 is 15.0 Å². The monoisotopic (exact) mass is 500 g/mol. The summed E-state index contributed by atoms with van der Waals surface area (Å²) in [6, 6.07) is 14.1. The van der Waals surface area contributed by atoms with Crippen molar-refractivity contribution in [3.05, 3.63) is 62.7 Å². The van der Waals surface area contributed by atoms with Crippen molar-refractivity contribution in [1.29, 1.82) is 0 Å². The number of carbonyl (C=O) groups is 2. The van der Waals surface area contributed by atoms with Gasteiger partial charge in [0.25, 0.3) is 5.91 Å². The minimum atomic E-state index is -0.598. The summed E-state index contributed by atoms with van der Waals surface area (Å²) in [5, 5.41) is 3.18. The lowest BCUT2D eigenvalue weighted by Gasteiger charge is -2.30. The normalized spacial score (nSPS) is 11.6. The van der Waals surface area contributed by atoms with Crippen LogP contribution >= 0.6 is 34.2 Å². The number of halogens is 2. The van der Waals surface area contributed by atoms with Crippen molar-refractivity contribution in [3.63, 3.8) is 0 Å². The molecule has 0 aliphatic heterocycles. The second kappa shape index (κ2) is 10.5. The van der Waals surface area contributed by atoms with Crippen LogP contribution in [0, 0.1) is 3.57 Å². The van der Waals surface area contributed by atoms with E-state index in [1.807, 2.05) is 49.4 Å². The number of likely N-dealkylation sites (N-methyl/N-ethyl adjacent to an activating group) is 1.